The summed E-state index contributed by atoms with van der Waals surface area (Å²) in [4.78, 5) is 1.12. The molecule has 90 valence electrons. The second-order valence-electron chi connectivity index (χ2n) is 3.63. The van der Waals surface area contributed by atoms with Crippen molar-refractivity contribution in [2.45, 2.75) is 13.0 Å². The van der Waals surface area contributed by atoms with Gasteiger partial charge in [0, 0.05) is 14.7 Å². The summed E-state index contributed by atoms with van der Waals surface area (Å²) in [5.41, 5.74) is 0.353. The first kappa shape index (κ1) is 12.9. The Morgan fingerprint density at radius 1 is 1.47 bits per heavy atom. The van der Waals surface area contributed by atoms with Crippen LogP contribution in [0.5, 0.6) is 0 Å². The molecule has 0 aliphatic carbocycles. The lowest BCUT2D eigenvalue weighted by molar-refractivity contribution is 0.628. The summed E-state index contributed by atoms with van der Waals surface area (Å²) in [5, 5.41) is 5.48. The van der Waals surface area contributed by atoms with E-state index in [1.54, 1.807) is 23.5 Å². The third kappa shape index (κ3) is 3.00. The Balaban J connectivity index is 2.21. The van der Waals surface area contributed by atoms with Crippen LogP contribution in [0.15, 0.2) is 34.1 Å². The van der Waals surface area contributed by atoms with Gasteiger partial charge in [-0.3, -0.25) is 0 Å². The average molecular weight is 335 g/mol. The minimum absolute atomic E-state index is 0.0145. The fraction of sp³-hybridized carbons (Fsp3) is 0.167. The molecule has 2 aromatic rings. The first-order chi connectivity index (χ1) is 8.08. The van der Waals surface area contributed by atoms with Gasteiger partial charge in [-0.1, -0.05) is 17.7 Å². The molecule has 1 atom stereocenters. The fourth-order valence-corrected chi connectivity index (χ4v) is 3.15. The van der Waals surface area contributed by atoms with Crippen molar-refractivity contribution in [3.63, 3.8) is 0 Å². The zero-order valence-electron chi connectivity index (χ0n) is 9.01. The molecule has 1 aromatic heterocycles. The zero-order valence-corrected chi connectivity index (χ0v) is 12.2. The molecule has 2 rings (SSSR count). The number of rotatable bonds is 3. The summed E-state index contributed by atoms with van der Waals surface area (Å²) in [7, 11) is 0. The largest absolute Gasteiger partial charge is 0.374 e. The first-order valence-electron chi connectivity index (χ1n) is 5.02. The number of anilines is 1. The highest BCUT2D eigenvalue weighted by Crippen LogP contribution is 2.31. The number of nitrogens with one attached hydrogen (secondary N) is 1. The molecule has 0 radical (unpaired) electrons. The van der Waals surface area contributed by atoms with Crippen LogP contribution in [0.2, 0.25) is 5.02 Å². The molecule has 5 heteroatoms. The van der Waals surface area contributed by atoms with Gasteiger partial charge in [-0.25, -0.2) is 4.39 Å². The highest BCUT2D eigenvalue weighted by molar-refractivity contribution is 9.10. The van der Waals surface area contributed by atoms with Gasteiger partial charge in [0.1, 0.15) is 5.82 Å². The van der Waals surface area contributed by atoms with Crippen LogP contribution in [0.1, 0.15) is 17.8 Å². The van der Waals surface area contributed by atoms with Crippen LogP contribution in [-0.4, -0.2) is 0 Å². The topological polar surface area (TPSA) is 12.0 Å². The van der Waals surface area contributed by atoms with Gasteiger partial charge in [0.05, 0.1) is 16.8 Å². The Labute approximate surface area is 117 Å². The lowest BCUT2D eigenvalue weighted by Gasteiger charge is -2.15. The van der Waals surface area contributed by atoms with E-state index in [9.17, 15) is 4.39 Å². The van der Waals surface area contributed by atoms with E-state index >= 15 is 0 Å². The lowest BCUT2D eigenvalue weighted by Crippen LogP contribution is -2.06. The molecule has 1 unspecified atom stereocenters. The maximum Gasteiger partial charge on any atom is 0.147 e. The second-order valence-corrected chi connectivity index (χ2v) is 5.90. The Kier molecular flexibility index (Phi) is 4.07. The van der Waals surface area contributed by atoms with Gasteiger partial charge >= 0.3 is 0 Å². The Morgan fingerprint density at radius 3 is 2.82 bits per heavy atom. The van der Waals surface area contributed by atoms with Gasteiger partial charge in [0.25, 0.3) is 0 Å². The number of thiophene rings is 1. The van der Waals surface area contributed by atoms with E-state index in [0.717, 1.165) is 9.35 Å². The maximum absolute atomic E-state index is 13.6. The van der Waals surface area contributed by atoms with Crippen LogP contribution in [0.3, 0.4) is 0 Å². The summed E-state index contributed by atoms with van der Waals surface area (Å²) >= 11 is 11.0. The predicted octanol–water partition coefficient (Wildman–Crippen LogP) is 5.48. The Morgan fingerprint density at radius 2 is 2.24 bits per heavy atom. The predicted molar refractivity (Wildman–Crippen MR) is 75.5 cm³/mol. The van der Waals surface area contributed by atoms with Crippen LogP contribution < -0.4 is 5.32 Å². The molecule has 0 bridgehead atoms. The summed E-state index contributed by atoms with van der Waals surface area (Å²) in [6.45, 7) is 1.97. The van der Waals surface area contributed by atoms with Crippen molar-refractivity contribution in [3.05, 3.63) is 49.8 Å². The van der Waals surface area contributed by atoms with Crippen LogP contribution in [0.25, 0.3) is 0 Å². The lowest BCUT2D eigenvalue weighted by atomic mass is 10.2. The third-order valence-corrected chi connectivity index (χ3v) is 4.53. The van der Waals surface area contributed by atoms with Gasteiger partial charge in [-0.15, -0.1) is 11.3 Å². The van der Waals surface area contributed by atoms with Crippen molar-refractivity contribution < 1.29 is 4.39 Å². The van der Waals surface area contributed by atoms with E-state index < -0.39 is 0 Å². The van der Waals surface area contributed by atoms with Gasteiger partial charge in [-0.2, -0.15) is 0 Å². The average Bonchev–Trinajstić information content (AvgIpc) is 2.70. The third-order valence-electron chi connectivity index (χ3n) is 2.34. The van der Waals surface area contributed by atoms with E-state index in [-0.39, 0.29) is 11.9 Å². The van der Waals surface area contributed by atoms with Crippen molar-refractivity contribution in [1.82, 2.24) is 0 Å². The highest BCUT2D eigenvalue weighted by atomic mass is 79.9. The van der Waals surface area contributed by atoms with Gasteiger partial charge < -0.3 is 5.32 Å². The monoisotopic (exact) mass is 333 g/mol. The molecule has 1 nitrogen and oxygen atoms in total. The molecule has 1 heterocycles. The number of hydrogen-bond acceptors (Lipinski definition) is 2. The van der Waals surface area contributed by atoms with Crippen molar-refractivity contribution in [1.29, 1.82) is 0 Å². The standard InChI is InChI=1S/C12H10BrClFNS/c1-7(11-5-8(13)6-17-11)16-12-9(14)3-2-4-10(12)15/h2-7,16H,1H3. The SMILES string of the molecule is CC(Nc1c(F)cccc1Cl)c1cc(Br)cs1. The smallest absolute Gasteiger partial charge is 0.147 e. The van der Waals surface area contributed by atoms with Crippen LogP contribution in [-0.2, 0) is 0 Å². The number of para-hydroxylation sites is 1. The van der Waals surface area contributed by atoms with Gasteiger partial charge in [0.15, 0.2) is 0 Å². The normalized spacial score (nSPS) is 12.5. The molecule has 1 N–H and O–H groups in total. The summed E-state index contributed by atoms with van der Waals surface area (Å²) < 4.78 is 14.6. The molecular formula is C12H10BrClFNS. The molecule has 1 aromatic carbocycles. The van der Waals surface area contributed by atoms with E-state index in [4.69, 9.17) is 11.6 Å². The number of benzene rings is 1. The summed E-state index contributed by atoms with van der Waals surface area (Å²) in [6, 6.07) is 6.68. The minimum atomic E-state index is -0.333. The Bertz CT molecular complexity index is 509. The highest BCUT2D eigenvalue weighted by Gasteiger charge is 2.12. The number of hydrogen-bond donors (Lipinski definition) is 1. The van der Waals surface area contributed by atoms with Gasteiger partial charge in [0.2, 0.25) is 0 Å². The van der Waals surface area contributed by atoms with E-state index in [2.05, 4.69) is 21.2 Å². The molecule has 17 heavy (non-hydrogen) atoms. The van der Waals surface area contributed by atoms with Crippen molar-refractivity contribution in [2.75, 3.05) is 5.32 Å². The molecule has 0 saturated carbocycles. The minimum Gasteiger partial charge on any atom is -0.374 e. The summed E-state index contributed by atoms with van der Waals surface area (Å²) in [6.07, 6.45) is 0. The van der Waals surface area contributed by atoms with Crippen molar-refractivity contribution in [3.8, 4) is 0 Å². The van der Waals surface area contributed by atoms with E-state index in [0.29, 0.717) is 10.7 Å². The fourth-order valence-electron chi connectivity index (χ4n) is 1.48. The first-order valence-corrected chi connectivity index (χ1v) is 7.07. The molecule has 0 amide bonds. The van der Waals surface area contributed by atoms with E-state index in [1.807, 2.05) is 18.4 Å². The molecule has 0 saturated heterocycles. The van der Waals surface area contributed by atoms with E-state index in [1.165, 1.54) is 6.07 Å². The van der Waals surface area contributed by atoms with Crippen LogP contribution >= 0.6 is 38.9 Å². The van der Waals surface area contributed by atoms with Gasteiger partial charge in [-0.05, 0) is 41.1 Å². The zero-order chi connectivity index (χ0) is 12.4. The molecule has 0 aliphatic rings. The quantitative estimate of drug-likeness (QED) is 0.784. The van der Waals surface area contributed by atoms with Crippen LogP contribution in [0, 0.1) is 5.82 Å². The molecule has 0 fully saturated rings. The number of halogens is 3. The van der Waals surface area contributed by atoms with Crippen molar-refractivity contribution >= 4 is 44.6 Å². The van der Waals surface area contributed by atoms with Crippen LogP contribution in [0.4, 0.5) is 10.1 Å². The Hall–Kier alpha value is -0.580. The van der Waals surface area contributed by atoms with Crippen molar-refractivity contribution in [2.24, 2.45) is 0 Å². The summed E-state index contributed by atoms with van der Waals surface area (Å²) in [5.74, 6) is -0.333. The molecular weight excluding hydrogens is 325 g/mol. The molecule has 0 spiro atoms. The molecule has 0 aliphatic heterocycles. The second kappa shape index (κ2) is 5.38. The maximum atomic E-state index is 13.6.